The van der Waals surface area contributed by atoms with Gasteiger partial charge in [-0.05, 0) is 10.4 Å². The van der Waals surface area contributed by atoms with Crippen LogP contribution in [0.4, 0.5) is 11.6 Å². The summed E-state index contributed by atoms with van der Waals surface area (Å²) >= 11 is 5.88. The number of tetrazole rings is 2. The van der Waals surface area contributed by atoms with Crippen molar-refractivity contribution >= 4 is 35.0 Å². The summed E-state index contributed by atoms with van der Waals surface area (Å²) in [5.74, 6) is -2.21. The van der Waals surface area contributed by atoms with Gasteiger partial charge in [-0.2, -0.15) is 10.4 Å². The number of aromatic nitrogens is 9. The Morgan fingerprint density at radius 1 is 0.880 bits per heavy atom. The predicted octanol–water partition coefficient (Wildman–Crippen LogP) is -8.35. The van der Waals surface area contributed by atoms with Crippen LogP contribution >= 0.6 is 11.6 Å². The van der Waals surface area contributed by atoms with Gasteiger partial charge in [0.05, 0.1) is 0 Å². The van der Waals surface area contributed by atoms with Crippen LogP contribution in [-0.4, -0.2) is 58.0 Å². The SMILES string of the molecule is [Na+].[Na+].[O-]C(=Nc1cc(Cl)cc(N=C([O-])c2nn[nH]n2)n1)c1nn[nH]n1. The van der Waals surface area contributed by atoms with Crippen LogP contribution < -0.4 is 69.3 Å². The monoisotopic (exact) mass is 379 g/mol. The van der Waals surface area contributed by atoms with Crippen LogP contribution in [0.2, 0.25) is 5.02 Å². The summed E-state index contributed by atoms with van der Waals surface area (Å²) in [7, 11) is 0. The number of aliphatic imine (C=N–C) groups is 2. The van der Waals surface area contributed by atoms with E-state index in [0.717, 1.165) is 0 Å². The van der Waals surface area contributed by atoms with Gasteiger partial charge in [0.15, 0.2) is 11.6 Å². The topological polar surface area (TPSA) is 193 Å². The number of rotatable bonds is 4. The van der Waals surface area contributed by atoms with Crippen molar-refractivity contribution in [2.45, 2.75) is 0 Å². The van der Waals surface area contributed by atoms with Gasteiger partial charge >= 0.3 is 59.1 Å². The van der Waals surface area contributed by atoms with Crippen LogP contribution in [0.25, 0.3) is 0 Å². The van der Waals surface area contributed by atoms with Crippen LogP contribution in [0.3, 0.4) is 0 Å². The van der Waals surface area contributed by atoms with E-state index in [2.05, 4.69) is 56.2 Å². The van der Waals surface area contributed by atoms with E-state index < -0.39 is 11.8 Å². The summed E-state index contributed by atoms with van der Waals surface area (Å²) < 4.78 is 0. The van der Waals surface area contributed by atoms with Crippen molar-refractivity contribution < 1.29 is 69.3 Å². The number of aromatic amines is 2. The number of nitrogens with one attached hydrogen (secondary N) is 2. The van der Waals surface area contributed by atoms with Gasteiger partial charge in [0.25, 0.3) is 0 Å². The smallest absolute Gasteiger partial charge is 0.856 e. The molecule has 13 nitrogen and oxygen atoms in total. The third-order valence-electron chi connectivity index (χ3n) is 2.27. The Balaban J connectivity index is 0.00000156. The molecule has 3 heterocycles. The minimum Gasteiger partial charge on any atom is -0.856 e. The molecule has 0 amide bonds. The largest absolute Gasteiger partial charge is 1.00 e. The van der Waals surface area contributed by atoms with Crippen LogP contribution in [-0.2, 0) is 0 Å². The molecule has 0 aliphatic rings. The standard InChI is InChI=1S/C9H6ClN11O2.2Na/c10-3-1-4(12-8(22)6-14-18-19-15-6)11-5(2-3)13-9(23)7-16-20-21-17-7;;/h1-2H,(H,14,15,18,19)(H,16,17,20,21)(H2,11,12,13,22,23);;/q;2*+1/p-2. The molecule has 0 atom stereocenters. The molecule has 0 saturated heterocycles. The first-order chi connectivity index (χ1) is 11.1. The average Bonchev–Trinajstić information content (AvgIpc) is 3.20. The van der Waals surface area contributed by atoms with Gasteiger partial charge in [-0.3, -0.25) is 0 Å². The summed E-state index contributed by atoms with van der Waals surface area (Å²) in [4.78, 5) is 11.2. The molecular formula is C9H4ClN11Na2O2. The fraction of sp³-hybridized carbons (Fsp3) is 0. The minimum atomic E-state index is -0.788. The molecule has 0 aromatic carbocycles. The molecule has 3 aromatic heterocycles. The van der Waals surface area contributed by atoms with Gasteiger partial charge in [-0.1, -0.05) is 11.6 Å². The van der Waals surface area contributed by atoms with E-state index in [-0.39, 0.29) is 87.4 Å². The summed E-state index contributed by atoms with van der Waals surface area (Å²) in [6, 6.07) is 2.61. The molecule has 0 saturated carbocycles. The Morgan fingerprint density at radius 3 is 1.68 bits per heavy atom. The Morgan fingerprint density at radius 2 is 1.32 bits per heavy atom. The zero-order valence-corrected chi connectivity index (χ0v) is 17.6. The maximum Gasteiger partial charge on any atom is 1.00 e. The third-order valence-corrected chi connectivity index (χ3v) is 2.49. The van der Waals surface area contributed by atoms with Crippen molar-refractivity contribution in [3.63, 3.8) is 0 Å². The molecule has 0 bridgehead atoms. The molecule has 2 N–H and O–H groups in total. The van der Waals surface area contributed by atoms with Crippen molar-refractivity contribution in [2.75, 3.05) is 0 Å². The maximum atomic E-state index is 11.7. The molecular weight excluding hydrogens is 376 g/mol. The summed E-state index contributed by atoms with van der Waals surface area (Å²) in [5.41, 5.74) is 0. The number of halogens is 1. The summed E-state index contributed by atoms with van der Waals surface area (Å²) in [6.45, 7) is 0. The fourth-order valence-electron chi connectivity index (χ4n) is 1.40. The van der Waals surface area contributed by atoms with Crippen LogP contribution in [0, 0.1) is 0 Å². The Hall–Kier alpha value is -1.48. The van der Waals surface area contributed by atoms with Gasteiger partial charge in [0.1, 0.15) is 0 Å². The van der Waals surface area contributed by atoms with Crippen LogP contribution in [0.5, 0.6) is 0 Å². The number of pyridine rings is 1. The summed E-state index contributed by atoms with van der Waals surface area (Å²) in [5, 5.41) is 48.3. The molecule has 25 heavy (non-hydrogen) atoms. The van der Waals surface area contributed by atoms with Crippen molar-refractivity contribution in [3.8, 4) is 0 Å². The van der Waals surface area contributed by atoms with E-state index in [9.17, 15) is 10.2 Å². The van der Waals surface area contributed by atoms with Crippen molar-refractivity contribution in [2.24, 2.45) is 9.98 Å². The average molecular weight is 380 g/mol. The minimum absolute atomic E-state index is 0. The number of nitrogens with zero attached hydrogens (tertiary/aromatic N) is 9. The van der Waals surface area contributed by atoms with Crippen molar-refractivity contribution in [1.82, 2.24) is 46.2 Å². The molecule has 3 rings (SSSR count). The first-order valence-electron chi connectivity index (χ1n) is 5.78. The number of hydrogen-bond acceptors (Lipinski definition) is 11. The third kappa shape index (κ3) is 5.78. The van der Waals surface area contributed by atoms with Gasteiger partial charge in [-0.25, -0.2) is 15.0 Å². The van der Waals surface area contributed by atoms with Crippen LogP contribution in [0.1, 0.15) is 11.6 Å². The molecule has 116 valence electrons. The maximum absolute atomic E-state index is 11.7. The zero-order chi connectivity index (χ0) is 16.2. The number of H-pyrrole nitrogens is 2. The molecule has 0 aliphatic carbocycles. The summed E-state index contributed by atoms with van der Waals surface area (Å²) in [6.07, 6.45) is 0. The zero-order valence-electron chi connectivity index (χ0n) is 12.9. The predicted molar refractivity (Wildman–Crippen MR) is 70.0 cm³/mol. The first kappa shape index (κ1) is 21.6. The van der Waals surface area contributed by atoms with E-state index in [1.165, 1.54) is 12.1 Å². The molecule has 0 aliphatic heterocycles. The van der Waals surface area contributed by atoms with Gasteiger partial charge in [-0.15, -0.1) is 20.4 Å². The van der Waals surface area contributed by atoms with E-state index in [4.69, 9.17) is 11.6 Å². The molecule has 0 fully saturated rings. The Labute approximate surface area is 188 Å². The first-order valence-corrected chi connectivity index (χ1v) is 6.16. The molecule has 16 heteroatoms. The molecule has 0 unspecified atom stereocenters. The second kappa shape index (κ2) is 9.86. The fourth-order valence-corrected chi connectivity index (χ4v) is 1.59. The van der Waals surface area contributed by atoms with Gasteiger partial charge in [0, 0.05) is 29.0 Å². The van der Waals surface area contributed by atoms with Gasteiger partial charge < -0.3 is 10.2 Å². The van der Waals surface area contributed by atoms with E-state index in [1.807, 2.05) is 0 Å². The Bertz CT molecular complexity index is 799. The van der Waals surface area contributed by atoms with Gasteiger partial charge in [0.2, 0.25) is 11.6 Å². The quantitative estimate of drug-likeness (QED) is 0.251. The second-order valence-electron chi connectivity index (χ2n) is 3.81. The Kier molecular flexibility index (Phi) is 8.51. The van der Waals surface area contributed by atoms with E-state index >= 15 is 0 Å². The van der Waals surface area contributed by atoms with E-state index in [1.54, 1.807) is 0 Å². The number of hydrogen-bond donors (Lipinski definition) is 2. The molecule has 0 radical (unpaired) electrons. The van der Waals surface area contributed by atoms with Crippen molar-refractivity contribution in [1.29, 1.82) is 0 Å². The van der Waals surface area contributed by atoms with E-state index in [0.29, 0.717) is 0 Å². The second-order valence-corrected chi connectivity index (χ2v) is 4.24. The van der Waals surface area contributed by atoms with Crippen molar-refractivity contribution in [3.05, 3.63) is 28.8 Å². The normalized spacial score (nSPS) is 11.6. The molecule has 0 spiro atoms. The molecule has 3 aromatic rings. The van der Waals surface area contributed by atoms with Crippen LogP contribution in [0.15, 0.2) is 22.1 Å².